The van der Waals surface area contributed by atoms with E-state index in [9.17, 15) is 9.18 Å². The zero-order chi connectivity index (χ0) is 22.0. The van der Waals surface area contributed by atoms with Crippen molar-refractivity contribution in [2.45, 2.75) is 40.0 Å². The minimum atomic E-state index is -0.383. The molecular weight excluding hydrogens is 399 g/mol. The summed E-state index contributed by atoms with van der Waals surface area (Å²) in [5.41, 5.74) is 2.03. The zero-order valence-corrected chi connectivity index (χ0v) is 17.9. The number of anilines is 1. The number of imidazole rings is 1. The molecule has 0 aliphatic carbocycles. The van der Waals surface area contributed by atoms with Gasteiger partial charge in [0, 0.05) is 19.5 Å². The van der Waals surface area contributed by atoms with Crippen molar-refractivity contribution in [2.24, 2.45) is 0 Å². The molecule has 1 aliphatic heterocycles. The molecule has 0 spiro atoms. The summed E-state index contributed by atoms with van der Waals surface area (Å²) in [6.45, 7) is 6.84. The lowest BCUT2D eigenvalue weighted by Gasteiger charge is -2.35. The molecule has 162 valence electrons. The lowest BCUT2D eigenvalue weighted by atomic mass is 10.1. The quantitative estimate of drug-likeness (QED) is 0.562. The first kappa shape index (κ1) is 20.8. The summed E-state index contributed by atoms with van der Waals surface area (Å²) in [5.74, 6) is 1.78. The van der Waals surface area contributed by atoms with E-state index in [1.54, 1.807) is 28.0 Å². The number of rotatable bonds is 7. The molecule has 0 fully saturated rings. The second-order valence-electron chi connectivity index (χ2n) is 7.32. The van der Waals surface area contributed by atoms with Crippen molar-refractivity contribution in [3.8, 4) is 11.4 Å². The van der Waals surface area contributed by atoms with Crippen LogP contribution in [0.15, 0.2) is 34.9 Å². The fourth-order valence-corrected chi connectivity index (χ4v) is 3.78. The number of fused-ring (bicyclic) bond motifs is 1. The van der Waals surface area contributed by atoms with Crippen molar-refractivity contribution >= 4 is 17.5 Å². The van der Waals surface area contributed by atoms with Crippen molar-refractivity contribution < 1.29 is 13.7 Å². The molecule has 2 aromatic heterocycles. The Bertz CT molecular complexity index is 1120. The number of allylic oxidation sites excluding steroid dienone is 1. The van der Waals surface area contributed by atoms with Gasteiger partial charge in [-0.15, -0.1) is 0 Å². The van der Waals surface area contributed by atoms with E-state index in [-0.39, 0.29) is 17.7 Å². The molecule has 0 radical (unpaired) electrons. The monoisotopic (exact) mass is 424 g/mol. The number of aryl methyl sites for hydroxylation is 2. The Hall–Kier alpha value is -3.49. The van der Waals surface area contributed by atoms with Gasteiger partial charge < -0.3 is 9.51 Å². The molecule has 31 heavy (non-hydrogen) atoms. The Kier molecular flexibility index (Phi) is 5.83. The van der Waals surface area contributed by atoms with Crippen molar-refractivity contribution in [3.05, 3.63) is 53.6 Å². The summed E-state index contributed by atoms with van der Waals surface area (Å²) in [6, 6.07) is 6.26. The summed E-state index contributed by atoms with van der Waals surface area (Å²) in [4.78, 5) is 28.6. The molecule has 1 aliphatic rings. The summed E-state index contributed by atoms with van der Waals surface area (Å²) >= 11 is 0. The highest BCUT2D eigenvalue weighted by atomic mass is 19.1. The number of halogens is 1. The van der Waals surface area contributed by atoms with Gasteiger partial charge in [0.05, 0.1) is 11.3 Å². The first-order valence-electron chi connectivity index (χ1n) is 10.4. The highest BCUT2D eigenvalue weighted by Gasteiger charge is 2.35. The van der Waals surface area contributed by atoms with Gasteiger partial charge in [0.15, 0.2) is 5.82 Å². The molecule has 0 unspecified atom stereocenters. The Balaban J connectivity index is 1.40. The van der Waals surface area contributed by atoms with Crippen molar-refractivity contribution in [1.82, 2.24) is 25.0 Å². The van der Waals surface area contributed by atoms with Crippen molar-refractivity contribution in [1.29, 1.82) is 0 Å². The molecule has 4 rings (SSSR count). The van der Waals surface area contributed by atoms with E-state index >= 15 is 0 Å². The molecule has 0 saturated heterocycles. The Morgan fingerprint density at radius 1 is 1.19 bits per heavy atom. The van der Waals surface area contributed by atoms with Crippen LogP contribution in [0.25, 0.3) is 17.1 Å². The largest absolute Gasteiger partial charge is 0.339 e. The van der Waals surface area contributed by atoms with E-state index in [1.165, 1.54) is 6.07 Å². The minimum absolute atomic E-state index is 0.0748. The topological polar surface area (TPSA) is 91.2 Å². The van der Waals surface area contributed by atoms with Crippen molar-refractivity contribution in [3.63, 3.8) is 0 Å². The van der Waals surface area contributed by atoms with Crippen LogP contribution < -0.4 is 4.90 Å². The molecular formula is C22H25FN6O2. The van der Waals surface area contributed by atoms with E-state index < -0.39 is 0 Å². The molecule has 1 N–H and O–H groups in total. The van der Waals surface area contributed by atoms with Gasteiger partial charge in [-0.3, -0.25) is 9.80 Å². The van der Waals surface area contributed by atoms with Gasteiger partial charge >= 0.3 is 6.03 Å². The molecule has 2 amide bonds. The van der Waals surface area contributed by atoms with E-state index in [2.05, 4.69) is 20.1 Å². The highest BCUT2D eigenvalue weighted by molar-refractivity contribution is 6.02. The first-order valence-corrected chi connectivity index (χ1v) is 10.4. The van der Waals surface area contributed by atoms with Gasteiger partial charge in [0.1, 0.15) is 17.3 Å². The van der Waals surface area contributed by atoms with Crippen LogP contribution in [0.3, 0.4) is 0 Å². The first-order chi connectivity index (χ1) is 15.0. The van der Waals surface area contributed by atoms with Gasteiger partial charge in [-0.1, -0.05) is 23.4 Å². The number of amides is 2. The average molecular weight is 424 g/mol. The van der Waals surface area contributed by atoms with Crippen LogP contribution in [0, 0.1) is 12.7 Å². The van der Waals surface area contributed by atoms with Gasteiger partial charge in [-0.25, -0.2) is 14.2 Å². The van der Waals surface area contributed by atoms with Crippen LogP contribution in [0.5, 0.6) is 0 Å². The number of unbranched alkanes of at least 4 members (excludes halogenated alkanes) is 1. The number of hydrogen-bond acceptors (Lipinski definition) is 5. The molecule has 8 nitrogen and oxygen atoms in total. The second kappa shape index (κ2) is 8.71. The number of benzene rings is 1. The standard InChI is InChI=1S/C22H25FN6O2/c1-4-17-19-21(25-14(3)24-19)28(5-2)22(30)29(17)13-9-8-12-18-26-20(27-31-18)15-10-6-7-11-16(15)23/h4,6-7,10-11H,5,8-9,12-13H2,1-3H3,(H,24,25)/b17-4-. The van der Waals surface area contributed by atoms with Gasteiger partial charge in [-0.05, 0) is 45.7 Å². The second-order valence-corrected chi connectivity index (χ2v) is 7.32. The molecule has 3 aromatic rings. The fourth-order valence-electron chi connectivity index (χ4n) is 3.78. The third-order valence-corrected chi connectivity index (χ3v) is 5.26. The van der Waals surface area contributed by atoms with E-state index in [0.717, 1.165) is 30.1 Å². The predicted octanol–water partition coefficient (Wildman–Crippen LogP) is 4.55. The number of aromatic amines is 1. The van der Waals surface area contributed by atoms with E-state index in [0.29, 0.717) is 36.8 Å². The summed E-state index contributed by atoms with van der Waals surface area (Å²) < 4.78 is 19.2. The molecule has 0 atom stereocenters. The number of carbonyl (C=O) groups is 1. The lowest BCUT2D eigenvalue weighted by molar-refractivity contribution is 0.222. The SMILES string of the molecule is C/C=C1/c2[nH]c(C)nc2N(CC)C(=O)N1CCCCc1nc(-c2ccccc2F)no1. The van der Waals surface area contributed by atoms with Crippen LogP contribution >= 0.6 is 0 Å². The van der Waals surface area contributed by atoms with Gasteiger partial charge in [0.2, 0.25) is 11.7 Å². The summed E-state index contributed by atoms with van der Waals surface area (Å²) in [5, 5.41) is 3.88. The molecule has 0 bridgehead atoms. The van der Waals surface area contributed by atoms with E-state index in [4.69, 9.17) is 4.52 Å². The normalized spacial score (nSPS) is 15.1. The van der Waals surface area contributed by atoms with Crippen LogP contribution in [-0.4, -0.2) is 44.1 Å². The molecule has 9 heteroatoms. The maximum Gasteiger partial charge on any atom is 0.330 e. The zero-order valence-electron chi connectivity index (χ0n) is 17.9. The van der Waals surface area contributed by atoms with Gasteiger partial charge in [-0.2, -0.15) is 4.98 Å². The number of hydrogen-bond donors (Lipinski definition) is 1. The molecule has 0 saturated carbocycles. The van der Waals surface area contributed by atoms with Crippen LogP contribution in [-0.2, 0) is 6.42 Å². The van der Waals surface area contributed by atoms with Crippen LogP contribution in [0.1, 0.15) is 44.1 Å². The molecule has 1 aromatic carbocycles. The fraction of sp³-hybridized carbons (Fsp3) is 0.364. The van der Waals surface area contributed by atoms with Gasteiger partial charge in [0.25, 0.3) is 0 Å². The maximum atomic E-state index is 13.9. The number of nitrogens with one attached hydrogen (secondary N) is 1. The lowest BCUT2D eigenvalue weighted by Crippen LogP contribution is -2.46. The number of H-pyrrole nitrogens is 1. The predicted molar refractivity (Wildman–Crippen MR) is 115 cm³/mol. The average Bonchev–Trinajstić information content (AvgIpc) is 3.38. The number of carbonyl (C=O) groups excluding carboxylic acids is 1. The van der Waals surface area contributed by atoms with Crippen LogP contribution in [0.2, 0.25) is 0 Å². The molecule has 3 heterocycles. The smallest absolute Gasteiger partial charge is 0.330 e. The Labute approximate surface area is 179 Å². The summed E-state index contributed by atoms with van der Waals surface area (Å²) in [6.07, 6.45) is 3.99. The number of aromatic nitrogens is 4. The third kappa shape index (κ3) is 3.95. The number of urea groups is 1. The summed E-state index contributed by atoms with van der Waals surface area (Å²) in [7, 11) is 0. The Morgan fingerprint density at radius 3 is 2.74 bits per heavy atom. The van der Waals surface area contributed by atoms with Crippen LogP contribution in [0.4, 0.5) is 15.0 Å². The maximum absolute atomic E-state index is 13.9. The minimum Gasteiger partial charge on any atom is -0.339 e. The highest BCUT2D eigenvalue weighted by Crippen LogP contribution is 2.34. The Morgan fingerprint density at radius 2 is 2.00 bits per heavy atom. The number of nitrogens with zero attached hydrogens (tertiary/aromatic N) is 5. The van der Waals surface area contributed by atoms with Crippen molar-refractivity contribution in [2.75, 3.05) is 18.0 Å². The van der Waals surface area contributed by atoms with E-state index in [1.807, 2.05) is 26.8 Å². The third-order valence-electron chi connectivity index (χ3n) is 5.26.